The van der Waals surface area contributed by atoms with E-state index in [1.165, 1.54) is 49.1 Å². The molecule has 0 amide bonds. The predicted octanol–water partition coefficient (Wildman–Crippen LogP) is 5.15. The van der Waals surface area contributed by atoms with Gasteiger partial charge in [-0.25, -0.2) is 0 Å². The summed E-state index contributed by atoms with van der Waals surface area (Å²) < 4.78 is 11.9. The van der Waals surface area contributed by atoms with E-state index in [1.807, 2.05) is 0 Å². The number of unbranched alkanes of at least 4 members (excludes halogenated alkanes) is 5. The van der Waals surface area contributed by atoms with Crippen LogP contribution in [0.4, 0.5) is 0 Å². The Labute approximate surface area is 119 Å². The highest BCUT2D eigenvalue weighted by Crippen LogP contribution is 2.10. The van der Waals surface area contributed by atoms with Crippen molar-refractivity contribution >= 4 is 14.5 Å². The fourth-order valence-corrected chi connectivity index (χ4v) is 3.71. The minimum absolute atomic E-state index is 0.0669. The molecule has 0 rings (SSSR count). The first kappa shape index (κ1) is 18.5. The summed E-state index contributed by atoms with van der Waals surface area (Å²) in [6.45, 7) is 9.76. The van der Waals surface area contributed by atoms with Gasteiger partial charge in [-0.15, -0.1) is 0 Å². The zero-order chi connectivity index (χ0) is 13.6. The Bertz CT molecular complexity index is 161. The molecule has 1 atom stereocenters. The highest BCUT2D eigenvalue weighted by molar-refractivity contribution is 6.51. The Morgan fingerprint density at radius 1 is 0.833 bits per heavy atom. The maximum absolute atomic E-state index is 6.06. The molecule has 0 aromatic carbocycles. The van der Waals surface area contributed by atoms with E-state index < -0.39 is 14.5 Å². The molecule has 0 saturated carbocycles. The molecule has 0 N–H and O–H groups in total. The quantitative estimate of drug-likeness (QED) is 0.262. The second kappa shape index (κ2) is 13.9. The molecule has 18 heavy (non-hydrogen) atoms. The molecule has 0 fully saturated rings. The van der Waals surface area contributed by atoms with Crippen LogP contribution in [0.2, 0.25) is 10.6 Å². The first-order valence-corrected chi connectivity index (χ1v) is 10.2. The first-order valence-electron chi connectivity index (χ1n) is 8.05. The van der Waals surface area contributed by atoms with E-state index >= 15 is 0 Å². The topological polar surface area (TPSA) is 18.5 Å². The van der Waals surface area contributed by atoms with Crippen LogP contribution in [0.5, 0.6) is 0 Å². The summed E-state index contributed by atoms with van der Waals surface area (Å²) >= 11 is -0.967. The normalized spacial score (nSPS) is 12.7. The summed E-state index contributed by atoms with van der Waals surface area (Å²) in [7, 11) is 0. The average Bonchev–Trinajstić information content (AvgIpc) is 2.41. The van der Waals surface area contributed by atoms with Crippen LogP contribution in [0.1, 0.15) is 72.6 Å². The van der Waals surface area contributed by atoms with Crippen molar-refractivity contribution in [1.29, 1.82) is 0 Å². The Kier molecular flexibility index (Phi) is 14.2. The van der Waals surface area contributed by atoms with E-state index in [1.54, 1.807) is 0 Å². The van der Waals surface area contributed by atoms with Crippen molar-refractivity contribution in [3.8, 4) is 0 Å². The summed E-state index contributed by atoms with van der Waals surface area (Å²) in [6.07, 6.45) is 8.98. The second-order valence-corrected chi connectivity index (χ2v) is 8.20. The minimum atomic E-state index is -0.967. The van der Waals surface area contributed by atoms with E-state index in [9.17, 15) is 0 Å². The van der Waals surface area contributed by atoms with Crippen molar-refractivity contribution in [3.05, 3.63) is 0 Å². The van der Waals surface area contributed by atoms with Gasteiger partial charge in [0, 0.05) is 6.61 Å². The van der Waals surface area contributed by atoms with Crippen LogP contribution in [-0.2, 0) is 8.53 Å². The summed E-state index contributed by atoms with van der Waals surface area (Å²) in [4.78, 5) is 0. The zero-order valence-corrected chi connectivity index (χ0v) is 14.2. The zero-order valence-electron chi connectivity index (χ0n) is 13.0. The van der Waals surface area contributed by atoms with Crippen molar-refractivity contribution in [2.24, 2.45) is 0 Å². The maximum Gasteiger partial charge on any atom is 0.462 e. The van der Waals surface area contributed by atoms with Crippen molar-refractivity contribution in [3.63, 3.8) is 0 Å². The number of hydrogen-bond donors (Lipinski definition) is 0. The van der Waals surface area contributed by atoms with Gasteiger partial charge in [-0.2, -0.15) is 0 Å². The fraction of sp³-hybridized carbons (Fsp3) is 1.00. The van der Waals surface area contributed by atoms with Crippen LogP contribution in [0, 0.1) is 0 Å². The van der Waals surface area contributed by atoms with Crippen LogP contribution < -0.4 is 0 Å². The lowest BCUT2D eigenvalue weighted by molar-refractivity contribution is -0.0855. The maximum atomic E-state index is 6.06. The Morgan fingerprint density at radius 3 is 2.00 bits per heavy atom. The molecule has 1 unspecified atom stereocenters. The molecule has 0 heterocycles. The number of ether oxygens (including phenoxy) is 1. The molecule has 0 aliphatic heterocycles. The fourth-order valence-electron chi connectivity index (χ4n) is 2.05. The van der Waals surface area contributed by atoms with Crippen LogP contribution in [-0.4, -0.2) is 27.4 Å². The van der Waals surface area contributed by atoms with Gasteiger partial charge >= 0.3 is 14.5 Å². The average molecular weight is 272 g/mol. The molecule has 0 spiro atoms. The van der Waals surface area contributed by atoms with Gasteiger partial charge in [-0.05, 0) is 12.8 Å². The van der Waals surface area contributed by atoms with Crippen LogP contribution in [0.25, 0.3) is 0 Å². The lowest BCUT2D eigenvalue weighted by Crippen LogP contribution is -2.26. The van der Waals surface area contributed by atoms with Gasteiger partial charge in [0.2, 0.25) is 0 Å². The van der Waals surface area contributed by atoms with Crippen molar-refractivity contribution < 1.29 is 8.53 Å². The van der Waals surface area contributed by atoms with Gasteiger partial charge in [0.25, 0.3) is 0 Å². The van der Waals surface area contributed by atoms with Gasteiger partial charge in [0.05, 0.1) is 0 Å². The SMILES string of the molecule is CCCCCCCCOC(CC)[O][Al]([CH2]C)[CH2]C. The standard InChI is InChI=1S/C11H23O2.2C2H5.Al/c1-3-5-6-7-8-9-10-13-11(12)4-2;2*1-2;/h11H,3-10H2,1-2H3;2*1H2,2H3;/q-1;;;+1. The van der Waals surface area contributed by atoms with E-state index in [0.717, 1.165) is 13.0 Å². The molecule has 2 nitrogen and oxygen atoms in total. The molecule has 3 heteroatoms. The third-order valence-corrected chi connectivity index (χ3v) is 5.90. The molecule has 108 valence electrons. The molecule has 0 bridgehead atoms. The molecule has 0 aliphatic carbocycles. The molecular formula is C15H33AlO2. The second-order valence-electron chi connectivity index (χ2n) is 5.05. The summed E-state index contributed by atoms with van der Waals surface area (Å²) in [5, 5.41) is 2.43. The van der Waals surface area contributed by atoms with Crippen molar-refractivity contribution in [2.45, 2.75) is 89.5 Å². The van der Waals surface area contributed by atoms with Gasteiger partial charge in [-0.1, -0.05) is 70.4 Å². The van der Waals surface area contributed by atoms with Crippen LogP contribution >= 0.6 is 0 Å². The Balaban J connectivity index is 3.49. The largest absolute Gasteiger partial charge is 0.478 e. The number of rotatable bonds is 13. The highest BCUT2D eigenvalue weighted by atomic mass is 27.2. The van der Waals surface area contributed by atoms with Crippen molar-refractivity contribution in [1.82, 2.24) is 0 Å². The van der Waals surface area contributed by atoms with Crippen molar-refractivity contribution in [2.75, 3.05) is 6.61 Å². The number of hydrogen-bond acceptors (Lipinski definition) is 2. The Morgan fingerprint density at radius 2 is 1.44 bits per heavy atom. The summed E-state index contributed by atoms with van der Waals surface area (Å²) in [5.41, 5.74) is 0. The van der Waals surface area contributed by atoms with E-state index in [2.05, 4.69) is 27.7 Å². The van der Waals surface area contributed by atoms with Gasteiger partial charge in [-0.3, -0.25) is 0 Å². The lowest BCUT2D eigenvalue weighted by Gasteiger charge is -2.21. The summed E-state index contributed by atoms with van der Waals surface area (Å²) in [6, 6.07) is 0. The molecule has 0 aliphatic rings. The smallest absolute Gasteiger partial charge is 0.462 e. The first-order chi connectivity index (χ1) is 8.78. The summed E-state index contributed by atoms with van der Waals surface area (Å²) in [5.74, 6) is 0. The molecule has 0 aromatic heterocycles. The van der Waals surface area contributed by atoms with Crippen LogP contribution in [0.15, 0.2) is 0 Å². The predicted molar refractivity (Wildman–Crippen MR) is 81.2 cm³/mol. The molecule has 0 aromatic rings. The third-order valence-electron chi connectivity index (χ3n) is 3.39. The highest BCUT2D eigenvalue weighted by Gasteiger charge is 2.19. The van der Waals surface area contributed by atoms with E-state index in [4.69, 9.17) is 8.53 Å². The lowest BCUT2D eigenvalue weighted by atomic mass is 10.1. The molecular weight excluding hydrogens is 239 g/mol. The van der Waals surface area contributed by atoms with Gasteiger partial charge in [0.15, 0.2) is 0 Å². The van der Waals surface area contributed by atoms with Crippen LogP contribution in [0.3, 0.4) is 0 Å². The third kappa shape index (κ3) is 10.4. The Hall–Kier alpha value is 0.452. The van der Waals surface area contributed by atoms with Gasteiger partial charge in [0.1, 0.15) is 6.29 Å². The van der Waals surface area contributed by atoms with E-state index in [0.29, 0.717) is 0 Å². The minimum Gasteiger partial charge on any atom is -0.478 e. The monoisotopic (exact) mass is 272 g/mol. The molecule has 0 saturated heterocycles. The van der Waals surface area contributed by atoms with Gasteiger partial charge < -0.3 is 8.53 Å². The molecule has 0 radical (unpaired) electrons. The van der Waals surface area contributed by atoms with E-state index in [-0.39, 0.29) is 6.29 Å².